The molecule has 0 bridgehead atoms. The van der Waals surface area contributed by atoms with Gasteiger partial charge in [0.1, 0.15) is 22.8 Å². The molecule has 3 aliphatic rings. The summed E-state index contributed by atoms with van der Waals surface area (Å²) < 4.78 is 0. The second kappa shape index (κ2) is 9.73. The molecule has 2 aromatic carbocycles. The molecule has 0 unspecified atom stereocenters. The van der Waals surface area contributed by atoms with Crippen LogP contribution in [0.15, 0.2) is 46.9 Å². The molecule has 0 saturated heterocycles. The molecule has 0 fully saturated rings. The molecule has 0 aliphatic heterocycles. The summed E-state index contributed by atoms with van der Waals surface area (Å²) in [5.74, 6) is -5.08. The number of carbonyl (C=O) groups excluding carboxylic acids is 3. The number of aliphatic hydroxyl groups excluding tert-OH is 2. The Morgan fingerprint density at radius 1 is 1.00 bits per heavy atom. The minimum atomic E-state index is -2.48. The molecule has 0 radical (unpaired) electrons. The predicted octanol–water partition coefficient (Wildman–Crippen LogP) is 5.21. The normalized spacial score (nSPS) is 24.3. The van der Waals surface area contributed by atoms with Crippen LogP contribution in [0.2, 0.25) is 0 Å². The number of aryl methyl sites for hydroxylation is 4. The Morgan fingerprint density at radius 2 is 1.65 bits per heavy atom. The summed E-state index contributed by atoms with van der Waals surface area (Å²) in [5, 5.41) is 44.7. The number of Topliss-reactive ketones (excluding diaryl/α,β-unsaturated/α-hetero) is 3. The van der Waals surface area contributed by atoms with Gasteiger partial charge in [-0.15, -0.1) is 0 Å². The fraction of sp³-hybridized carbons (Fsp3) is 0.424. The number of fused-ring (bicyclic) bond motifs is 3. The molecule has 0 saturated carbocycles. The third-order valence-corrected chi connectivity index (χ3v) is 8.87. The van der Waals surface area contributed by atoms with Gasteiger partial charge in [-0.1, -0.05) is 49.2 Å². The van der Waals surface area contributed by atoms with E-state index in [0.717, 1.165) is 29.2 Å². The minimum absolute atomic E-state index is 0.0584. The summed E-state index contributed by atoms with van der Waals surface area (Å²) in [7, 11) is 0. The third-order valence-electron chi connectivity index (χ3n) is 8.87. The fourth-order valence-corrected chi connectivity index (χ4v) is 7.08. The lowest BCUT2D eigenvalue weighted by molar-refractivity contribution is -0.144. The summed E-state index contributed by atoms with van der Waals surface area (Å²) in [6.45, 7) is 9.24. The first-order valence-electron chi connectivity index (χ1n) is 13.9. The Hall–Kier alpha value is -3.71. The van der Waals surface area contributed by atoms with E-state index in [1.807, 2.05) is 33.8 Å². The molecular formula is C33H36O7. The van der Waals surface area contributed by atoms with E-state index in [9.17, 15) is 34.8 Å². The van der Waals surface area contributed by atoms with Gasteiger partial charge in [-0.2, -0.15) is 0 Å². The second-order valence-corrected chi connectivity index (χ2v) is 12.1. The maximum absolute atomic E-state index is 14.0. The van der Waals surface area contributed by atoms with Crippen molar-refractivity contribution in [1.29, 1.82) is 0 Å². The van der Waals surface area contributed by atoms with Gasteiger partial charge in [0.2, 0.25) is 5.78 Å². The molecule has 0 spiro atoms. The lowest BCUT2D eigenvalue weighted by Gasteiger charge is -2.46. The number of rotatable bonds is 5. The molecule has 3 atom stereocenters. The van der Waals surface area contributed by atoms with Gasteiger partial charge >= 0.3 is 0 Å². The lowest BCUT2D eigenvalue weighted by atomic mass is 9.59. The van der Waals surface area contributed by atoms with Gasteiger partial charge in [0, 0.05) is 17.9 Å². The lowest BCUT2D eigenvalue weighted by Crippen LogP contribution is -2.56. The zero-order valence-electron chi connectivity index (χ0n) is 23.6. The zero-order chi connectivity index (χ0) is 29.3. The SMILES string of the molecule is CC(=O)C1=C(O)C[C@H]2C[C@H]3Cc4c(C(C)C)cc(CCc5cc(C)cc(C)c5)c(O)c4C(=O)C3=C(O)[C@@]2(O)C1=O. The Morgan fingerprint density at radius 3 is 2.25 bits per heavy atom. The molecule has 5 rings (SSSR count). The van der Waals surface area contributed by atoms with Crippen LogP contribution in [0.5, 0.6) is 5.75 Å². The van der Waals surface area contributed by atoms with Crippen LogP contribution >= 0.6 is 0 Å². The van der Waals surface area contributed by atoms with Crippen molar-refractivity contribution >= 4 is 17.3 Å². The van der Waals surface area contributed by atoms with E-state index >= 15 is 0 Å². The van der Waals surface area contributed by atoms with Gasteiger partial charge in [-0.25, -0.2) is 0 Å². The highest BCUT2D eigenvalue weighted by atomic mass is 16.3. The van der Waals surface area contributed by atoms with Crippen molar-refractivity contribution < 1.29 is 34.8 Å². The number of aliphatic hydroxyl groups is 3. The van der Waals surface area contributed by atoms with Crippen LogP contribution in [0.3, 0.4) is 0 Å². The first-order chi connectivity index (χ1) is 18.7. The third kappa shape index (κ3) is 4.19. The van der Waals surface area contributed by atoms with Crippen molar-refractivity contribution in [3.05, 3.63) is 85.9 Å². The monoisotopic (exact) mass is 544 g/mol. The summed E-state index contributed by atoms with van der Waals surface area (Å²) >= 11 is 0. The summed E-state index contributed by atoms with van der Waals surface area (Å²) in [4.78, 5) is 39.4. The van der Waals surface area contributed by atoms with Crippen molar-refractivity contribution in [2.45, 2.75) is 78.2 Å². The highest BCUT2D eigenvalue weighted by Gasteiger charge is 2.59. The number of benzene rings is 2. The van der Waals surface area contributed by atoms with Crippen molar-refractivity contribution in [3.63, 3.8) is 0 Å². The Balaban J connectivity index is 1.61. The number of allylic oxidation sites excluding steroid dienone is 2. The number of carbonyl (C=O) groups is 3. The van der Waals surface area contributed by atoms with Crippen LogP contribution in [-0.4, -0.2) is 43.4 Å². The molecule has 40 heavy (non-hydrogen) atoms. The van der Waals surface area contributed by atoms with Crippen LogP contribution in [0, 0.1) is 25.7 Å². The minimum Gasteiger partial charge on any atom is -0.511 e. The van der Waals surface area contributed by atoms with Crippen molar-refractivity contribution in [3.8, 4) is 5.75 Å². The zero-order valence-corrected chi connectivity index (χ0v) is 23.6. The molecular weight excluding hydrogens is 508 g/mol. The van der Waals surface area contributed by atoms with Crippen LogP contribution in [-0.2, 0) is 28.9 Å². The second-order valence-electron chi connectivity index (χ2n) is 12.1. The quantitative estimate of drug-likeness (QED) is 0.380. The molecule has 3 aliphatic carbocycles. The summed E-state index contributed by atoms with van der Waals surface area (Å²) in [6, 6.07) is 8.28. The van der Waals surface area contributed by atoms with Gasteiger partial charge in [0.15, 0.2) is 17.2 Å². The molecule has 210 valence electrons. The predicted molar refractivity (Wildman–Crippen MR) is 150 cm³/mol. The summed E-state index contributed by atoms with van der Waals surface area (Å²) in [6.07, 6.45) is 1.50. The Kier molecular flexibility index (Phi) is 6.78. The molecule has 2 aromatic rings. The smallest absolute Gasteiger partial charge is 0.209 e. The van der Waals surface area contributed by atoms with Crippen molar-refractivity contribution in [2.75, 3.05) is 0 Å². The number of hydrogen-bond acceptors (Lipinski definition) is 7. The van der Waals surface area contributed by atoms with E-state index in [2.05, 4.69) is 18.2 Å². The van der Waals surface area contributed by atoms with E-state index in [1.54, 1.807) is 0 Å². The van der Waals surface area contributed by atoms with Crippen molar-refractivity contribution in [2.24, 2.45) is 11.8 Å². The van der Waals surface area contributed by atoms with Gasteiger partial charge < -0.3 is 20.4 Å². The number of phenolic OH excluding ortho intramolecular Hbond substituents is 1. The van der Waals surface area contributed by atoms with Crippen LogP contribution in [0.1, 0.15) is 83.3 Å². The highest BCUT2D eigenvalue weighted by Crippen LogP contribution is 2.52. The van der Waals surface area contributed by atoms with Gasteiger partial charge in [0.25, 0.3) is 0 Å². The average molecular weight is 545 g/mol. The van der Waals surface area contributed by atoms with Gasteiger partial charge in [-0.05, 0) is 80.5 Å². The maximum atomic E-state index is 14.0. The van der Waals surface area contributed by atoms with Crippen molar-refractivity contribution in [1.82, 2.24) is 0 Å². The molecule has 0 aromatic heterocycles. The molecule has 7 heteroatoms. The molecule has 7 nitrogen and oxygen atoms in total. The molecule has 0 heterocycles. The van der Waals surface area contributed by atoms with E-state index in [4.69, 9.17) is 0 Å². The molecule has 4 N–H and O–H groups in total. The standard InChI is InChI=1S/C33H36O7/c1-15(2)23-12-20(7-6-19-9-16(3)8-17(4)10-19)29(36)28-24(23)13-21-11-22-14-25(35)26(18(5)34)31(38)33(22,40)32(39)27(21)30(28)37/h8-10,12,15,21-22,35-36,39-40H,6-7,11,13-14H2,1-5H3/t21-,22+,33-/m0/s1. The van der Waals surface area contributed by atoms with E-state index in [1.165, 1.54) is 0 Å². The van der Waals surface area contributed by atoms with Gasteiger partial charge in [0.05, 0.1) is 5.56 Å². The first kappa shape index (κ1) is 27.8. The van der Waals surface area contributed by atoms with Crippen LogP contribution in [0.4, 0.5) is 0 Å². The van der Waals surface area contributed by atoms with E-state index < -0.39 is 51.9 Å². The average Bonchev–Trinajstić information content (AvgIpc) is 2.84. The number of phenols is 1. The number of hydrogen-bond donors (Lipinski definition) is 4. The van der Waals surface area contributed by atoms with Crippen LogP contribution < -0.4 is 0 Å². The number of aromatic hydroxyl groups is 1. The highest BCUT2D eigenvalue weighted by molar-refractivity contribution is 6.25. The van der Waals surface area contributed by atoms with E-state index in [-0.39, 0.29) is 35.6 Å². The topological polar surface area (TPSA) is 132 Å². The first-order valence-corrected chi connectivity index (χ1v) is 13.9. The molecule has 0 amide bonds. The maximum Gasteiger partial charge on any atom is 0.209 e. The van der Waals surface area contributed by atoms with Gasteiger partial charge in [-0.3, -0.25) is 14.4 Å². The largest absolute Gasteiger partial charge is 0.511 e. The number of ketones is 3. The van der Waals surface area contributed by atoms with Crippen LogP contribution in [0.25, 0.3) is 0 Å². The fourth-order valence-electron chi connectivity index (χ4n) is 7.08. The van der Waals surface area contributed by atoms with E-state index in [0.29, 0.717) is 30.4 Å². The Labute approximate surface area is 233 Å². The summed E-state index contributed by atoms with van der Waals surface area (Å²) in [5.41, 5.74) is 2.69. The Bertz CT molecular complexity index is 1520.